The van der Waals surface area contributed by atoms with Crippen LogP contribution in [0.2, 0.25) is 0 Å². The standard InChI is InChI=1S/C14H22O7.2C4H6O2/c1-3-13(15)20-11-9-18-7-5-17-6-8-19-10-12-21-14(16)4-2;2*1-3(2)4(5)6/h3-4H,1-2,5-12H2;2*1H2,2H3,(H,5,6). The van der Waals surface area contributed by atoms with Crippen molar-refractivity contribution in [3.05, 3.63) is 49.6 Å². The van der Waals surface area contributed by atoms with Gasteiger partial charge < -0.3 is 33.9 Å². The second-order valence-electron chi connectivity index (χ2n) is 5.75. The van der Waals surface area contributed by atoms with Crippen LogP contribution in [0.5, 0.6) is 0 Å². The van der Waals surface area contributed by atoms with Gasteiger partial charge in [0.15, 0.2) is 0 Å². The molecule has 0 fully saturated rings. The predicted octanol–water partition coefficient (Wildman–Crippen LogP) is 1.79. The maximum Gasteiger partial charge on any atom is 0.330 e. The van der Waals surface area contributed by atoms with E-state index in [1.807, 2.05) is 0 Å². The lowest BCUT2D eigenvalue weighted by molar-refractivity contribution is -0.140. The van der Waals surface area contributed by atoms with Crippen LogP contribution in [-0.4, -0.2) is 86.9 Å². The van der Waals surface area contributed by atoms with Crippen LogP contribution in [0.3, 0.4) is 0 Å². The molecule has 0 rings (SSSR count). The minimum Gasteiger partial charge on any atom is -0.478 e. The van der Waals surface area contributed by atoms with Gasteiger partial charge in [0.25, 0.3) is 0 Å². The molecular formula is C22H34O11. The molecule has 0 aromatic heterocycles. The Hall–Kier alpha value is -3.28. The molecule has 0 amide bonds. The summed E-state index contributed by atoms with van der Waals surface area (Å²) in [5.74, 6) is -2.80. The lowest BCUT2D eigenvalue weighted by Crippen LogP contribution is -2.14. The van der Waals surface area contributed by atoms with E-state index in [1.54, 1.807) is 0 Å². The molecule has 0 aliphatic rings. The third kappa shape index (κ3) is 33.6. The number of carboxylic acids is 2. The van der Waals surface area contributed by atoms with Crippen molar-refractivity contribution in [1.82, 2.24) is 0 Å². The first-order chi connectivity index (χ1) is 15.5. The van der Waals surface area contributed by atoms with E-state index in [4.69, 9.17) is 33.9 Å². The number of carbonyl (C=O) groups is 4. The molecular weight excluding hydrogens is 440 g/mol. The van der Waals surface area contributed by atoms with Crippen LogP contribution >= 0.6 is 0 Å². The lowest BCUT2D eigenvalue weighted by atomic mass is 10.4. The van der Waals surface area contributed by atoms with Crippen molar-refractivity contribution in [3.8, 4) is 0 Å². The zero-order chi connectivity index (χ0) is 26.1. The van der Waals surface area contributed by atoms with E-state index < -0.39 is 23.9 Å². The van der Waals surface area contributed by atoms with Crippen LogP contribution in [0.15, 0.2) is 49.6 Å². The highest BCUT2D eigenvalue weighted by atomic mass is 16.6. The summed E-state index contributed by atoms with van der Waals surface area (Å²) in [6, 6.07) is 0. The number of hydrogen-bond donors (Lipinski definition) is 2. The number of esters is 2. The molecule has 0 unspecified atom stereocenters. The van der Waals surface area contributed by atoms with Gasteiger partial charge in [-0.25, -0.2) is 19.2 Å². The average molecular weight is 475 g/mol. The average Bonchev–Trinajstić information content (AvgIpc) is 2.77. The zero-order valence-electron chi connectivity index (χ0n) is 19.2. The Kier molecular flexibility index (Phi) is 26.0. The number of hydrogen-bond acceptors (Lipinski definition) is 9. The molecule has 0 bridgehead atoms. The highest BCUT2D eigenvalue weighted by Gasteiger charge is 1.97. The maximum absolute atomic E-state index is 10.7. The molecule has 0 aromatic carbocycles. The molecule has 11 nitrogen and oxygen atoms in total. The van der Waals surface area contributed by atoms with E-state index in [0.717, 1.165) is 12.2 Å². The first kappa shape index (κ1) is 34.3. The number of carbonyl (C=O) groups excluding carboxylic acids is 2. The van der Waals surface area contributed by atoms with E-state index in [-0.39, 0.29) is 24.4 Å². The van der Waals surface area contributed by atoms with E-state index in [9.17, 15) is 19.2 Å². The van der Waals surface area contributed by atoms with Crippen LogP contribution < -0.4 is 0 Å². The molecule has 0 saturated carbocycles. The lowest BCUT2D eigenvalue weighted by Gasteiger charge is -2.07. The SMILES string of the molecule is C=C(C)C(=O)O.C=C(C)C(=O)O.C=CC(=O)OCCOCCOCCOCCOC(=O)C=C. The topological polar surface area (TPSA) is 155 Å². The summed E-state index contributed by atoms with van der Waals surface area (Å²) in [6.07, 6.45) is 2.20. The molecule has 188 valence electrons. The van der Waals surface area contributed by atoms with Crippen LogP contribution in [0.25, 0.3) is 0 Å². The highest BCUT2D eigenvalue weighted by molar-refractivity contribution is 5.85. The van der Waals surface area contributed by atoms with Crippen molar-refractivity contribution in [2.45, 2.75) is 13.8 Å². The minimum absolute atomic E-state index is 0.176. The molecule has 0 aliphatic carbocycles. The van der Waals surface area contributed by atoms with E-state index in [2.05, 4.69) is 26.3 Å². The molecule has 0 heterocycles. The van der Waals surface area contributed by atoms with Gasteiger partial charge in [-0.15, -0.1) is 0 Å². The molecule has 0 radical (unpaired) electrons. The molecule has 0 aromatic rings. The third-order valence-electron chi connectivity index (χ3n) is 2.75. The fourth-order valence-corrected chi connectivity index (χ4v) is 1.06. The van der Waals surface area contributed by atoms with Crippen LogP contribution in [0.4, 0.5) is 0 Å². The third-order valence-corrected chi connectivity index (χ3v) is 2.75. The van der Waals surface area contributed by atoms with Gasteiger partial charge in [-0.1, -0.05) is 26.3 Å². The van der Waals surface area contributed by atoms with Gasteiger partial charge in [-0.05, 0) is 13.8 Å². The monoisotopic (exact) mass is 474 g/mol. The van der Waals surface area contributed by atoms with Crippen molar-refractivity contribution in [2.24, 2.45) is 0 Å². The van der Waals surface area contributed by atoms with Crippen molar-refractivity contribution in [1.29, 1.82) is 0 Å². The van der Waals surface area contributed by atoms with Crippen LogP contribution in [0.1, 0.15) is 13.8 Å². The summed E-state index contributed by atoms with van der Waals surface area (Å²) >= 11 is 0. The smallest absolute Gasteiger partial charge is 0.330 e. The largest absolute Gasteiger partial charge is 0.478 e. The van der Waals surface area contributed by atoms with Gasteiger partial charge in [0.1, 0.15) is 13.2 Å². The van der Waals surface area contributed by atoms with E-state index in [0.29, 0.717) is 39.6 Å². The van der Waals surface area contributed by atoms with Gasteiger partial charge in [-0.3, -0.25) is 0 Å². The van der Waals surface area contributed by atoms with Crippen molar-refractivity contribution >= 4 is 23.9 Å². The van der Waals surface area contributed by atoms with E-state index in [1.165, 1.54) is 13.8 Å². The second-order valence-corrected chi connectivity index (χ2v) is 5.75. The summed E-state index contributed by atoms with van der Waals surface area (Å²) < 4.78 is 25.0. The molecule has 2 N–H and O–H groups in total. The Balaban J connectivity index is -0.000000611. The summed E-state index contributed by atoms with van der Waals surface area (Å²) in [5.41, 5.74) is 0.352. The van der Waals surface area contributed by atoms with Crippen molar-refractivity contribution in [2.75, 3.05) is 52.9 Å². The van der Waals surface area contributed by atoms with Gasteiger partial charge in [-0.2, -0.15) is 0 Å². The Morgan fingerprint density at radius 2 is 0.818 bits per heavy atom. The van der Waals surface area contributed by atoms with Gasteiger partial charge >= 0.3 is 23.9 Å². The Morgan fingerprint density at radius 1 is 0.606 bits per heavy atom. The van der Waals surface area contributed by atoms with E-state index >= 15 is 0 Å². The molecule has 0 atom stereocenters. The second kappa shape index (κ2) is 25.0. The first-order valence-corrected chi connectivity index (χ1v) is 9.58. The number of aliphatic carboxylic acids is 2. The number of rotatable bonds is 16. The predicted molar refractivity (Wildman–Crippen MR) is 120 cm³/mol. The quantitative estimate of drug-likeness (QED) is 0.191. The van der Waals surface area contributed by atoms with Gasteiger partial charge in [0.05, 0.1) is 39.6 Å². The Labute approximate surface area is 193 Å². The summed E-state index contributed by atoms with van der Waals surface area (Å²) in [5, 5.41) is 15.8. The molecule has 0 saturated heterocycles. The van der Waals surface area contributed by atoms with Crippen LogP contribution in [-0.2, 0) is 42.9 Å². The number of ether oxygens (including phenoxy) is 5. The maximum atomic E-state index is 10.7. The van der Waals surface area contributed by atoms with Crippen molar-refractivity contribution in [3.63, 3.8) is 0 Å². The first-order valence-electron chi connectivity index (χ1n) is 9.58. The number of carboxylic acid groups (broad SMARTS) is 2. The fraction of sp³-hybridized carbons (Fsp3) is 0.455. The van der Waals surface area contributed by atoms with Gasteiger partial charge in [0.2, 0.25) is 0 Å². The zero-order valence-corrected chi connectivity index (χ0v) is 19.2. The van der Waals surface area contributed by atoms with Crippen LogP contribution in [0, 0.1) is 0 Å². The minimum atomic E-state index is -0.935. The Morgan fingerprint density at radius 3 is 1.00 bits per heavy atom. The highest BCUT2D eigenvalue weighted by Crippen LogP contribution is 1.85. The molecule has 0 spiro atoms. The summed E-state index contributed by atoms with van der Waals surface area (Å²) in [4.78, 5) is 40.6. The normalized spacial score (nSPS) is 9.03. The summed E-state index contributed by atoms with van der Waals surface area (Å²) in [7, 11) is 0. The van der Waals surface area contributed by atoms with Gasteiger partial charge in [0, 0.05) is 23.3 Å². The fourth-order valence-electron chi connectivity index (χ4n) is 1.06. The molecule has 0 aliphatic heterocycles. The Bertz CT molecular complexity index is 560. The summed E-state index contributed by atoms with van der Waals surface area (Å²) in [6.45, 7) is 18.4. The molecule has 11 heteroatoms. The van der Waals surface area contributed by atoms with Crippen molar-refractivity contribution < 1.29 is 53.1 Å². The molecule has 33 heavy (non-hydrogen) atoms.